The molecule has 0 aromatic carbocycles. The van der Waals surface area contributed by atoms with Gasteiger partial charge in [0.15, 0.2) is 0 Å². The maximum Gasteiger partial charge on any atom is 0.0586 e. The third-order valence-electron chi connectivity index (χ3n) is 2.24. The van der Waals surface area contributed by atoms with Gasteiger partial charge in [0.25, 0.3) is 0 Å². The van der Waals surface area contributed by atoms with E-state index in [4.69, 9.17) is 21.7 Å². The number of hydrogen-bond acceptors (Lipinski definition) is 5. The van der Waals surface area contributed by atoms with Crippen LogP contribution in [0, 0.1) is 0 Å². The molecule has 17 heavy (non-hydrogen) atoms. The highest BCUT2D eigenvalue weighted by atomic mass is 35.5. The van der Waals surface area contributed by atoms with E-state index in [-0.39, 0.29) is 50.1 Å². The molecule has 0 amide bonds. The van der Waals surface area contributed by atoms with Gasteiger partial charge in [-0.25, -0.2) is 0 Å². The Bertz CT molecular complexity index is 273. The first kappa shape index (κ1) is 19.5. The van der Waals surface area contributed by atoms with Gasteiger partial charge in [-0.1, -0.05) is 0 Å². The maximum atomic E-state index is 8.87. The number of aliphatic hydroxyl groups excluding tert-OH is 2. The van der Waals surface area contributed by atoms with Gasteiger partial charge in [0.1, 0.15) is 0 Å². The summed E-state index contributed by atoms with van der Waals surface area (Å²) in [4.78, 5) is 1.15. The minimum Gasteiger partial charge on any atom is -0.395 e. The second-order valence-electron chi connectivity index (χ2n) is 3.66. The van der Waals surface area contributed by atoms with Crippen LogP contribution in [0.2, 0.25) is 0 Å². The molecule has 1 aromatic heterocycles. The first-order valence-corrected chi connectivity index (χ1v) is 5.83. The lowest BCUT2D eigenvalue weighted by atomic mass is 10.0. The molecule has 2 unspecified atom stereocenters. The van der Waals surface area contributed by atoms with Crippen LogP contribution in [-0.2, 0) is 12.8 Å². The fourth-order valence-electron chi connectivity index (χ4n) is 1.38. The normalized spacial score (nSPS) is 13.4. The molecular weight excluding hydrogens is 283 g/mol. The molecule has 0 fully saturated rings. The molecule has 0 aliphatic carbocycles. The minimum atomic E-state index is -0.219. The van der Waals surface area contributed by atoms with E-state index in [1.807, 2.05) is 11.4 Å². The topological polar surface area (TPSA) is 92.5 Å². The molecule has 0 radical (unpaired) electrons. The zero-order valence-electron chi connectivity index (χ0n) is 9.41. The molecule has 1 rings (SSSR count). The Hall–Kier alpha value is 0.120. The highest BCUT2D eigenvalue weighted by molar-refractivity contribution is 7.10. The highest BCUT2D eigenvalue weighted by Crippen LogP contribution is 2.19. The van der Waals surface area contributed by atoms with Crippen LogP contribution in [0.4, 0.5) is 0 Å². The molecule has 0 saturated carbocycles. The lowest BCUT2D eigenvalue weighted by Crippen LogP contribution is -2.29. The van der Waals surface area contributed by atoms with Crippen LogP contribution in [-0.4, -0.2) is 35.5 Å². The molecule has 1 heterocycles. The van der Waals surface area contributed by atoms with Crippen molar-refractivity contribution in [3.63, 3.8) is 0 Å². The molecule has 7 heteroatoms. The van der Waals surface area contributed by atoms with Gasteiger partial charge in [0.2, 0.25) is 0 Å². The van der Waals surface area contributed by atoms with Gasteiger partial charge >= 0.3 is 0 Å². The van der Waals surface area contributed by atoms with Gasteiger partial charge < -0.3 is 21.7 Å². The Morgan fingerprint density at radius 1 is 1.06 bits per heavy atom. The van der Waals surface area contributed by atoms with E-state index in [9.17, 15) is 0 Å². The summed E-state index contributed by atoms with van der Waals surface area (Å²) in [6.45, 7) is -0.0231. The second-order valence-corrected chi connectivity index (χ2v) is 4.66. The van der Waals surface area contributed by atoms with Gasteiger partial charge in [0, 0.05) is 17.0 Å². The van der Waals surface area contributed by atoms with Crippen molar-refractivity contribution in [2.75, 3.05) is 13.2 Å². The van der Waals surface area contributed by atoms with Crippen LogP contribution in [0.3, 0.4) is 0 Å². The first-order chi connectivity index (χ1) is 7.17. The van der Waals surface area contributed by atoms with E-state index in [1.165, 1.54) is 0 Å². The molecule has 6 N–H and O–H groups in total. The van der Waals surface area contributed by atoms with Gasteiger partial charge in [-0.05, 0) is 29.9 Å². The van der Waals surface area contributed by atoms with Gasteiger partial charge in [-0.15, -0.1) is 36.2 Å². The molecular formula is C10H20Cl2N2O2S. The summed E-state index contributed by atoms with van der Waals surface area (Å²) >= 11 is 1.62. The number of halogens is 2. The lowest BCUT2D eigenvalue weighted by Gasteiger charge is -2.11. The number of aliphatic hydroxyl groups is 2. The number of rotatable bonds is 6. The molecule has 102 valence electrons. The second kappa shape index (κ2) is 10.1. The number of hydrogen-bond donors (Lipinski definition) is 4. The van der Waals surface area contributed by atoms with Crippen LogP contribution >= 0.6 is 36.2 Å². The average Bonchev–Trinajstić information content (AvgIpc) is 2.65. The summed E-state index contributed by atoms with van der Waals surface area (Å²) in [6, 6.07) is 1.57. The summed E-state index contributed by atoms with van der Waals surface area (Å²) in [5.74, 6) is 0. The molecule has 1 aromatic rings. The number of thiophene rings is 1. The summed E-state index contributed by atoms with van der Waals surface area (Å²) in [5.41, 5.74) is 12.5. The molecule has 0 aliphatic heterocycles. The van der Waals surface area contributed by atoms with Crippen molar-refractivity contribution in [1.82, 2.24) is 0 Å². The summed E-state index contributed by atoms with van der Waals surface area (Å²) in [6.07, 6.45) is 1.33. The maximum absolute atomic E-state index is 8.87. The van der Waals surface area contributed by atoms with Crippen LogP contribution < -0.4 is 11.5 Å². The SMILES string of the molecule is Cl.Cl.NC(CO)Cc1ccsc1CC(N)CO. The molecule has 0 spiro atoms. The van der Waals surface area contributed by atoms with E-state index in [0.717, 1.165) is 10.4 Å². The van der Waals surface area contributed by atoms with E-state index < -0.39 is 0 Å². The molecule has 0 saturated heterocycles. The van der Waals surface area contributed by atoms with Crippen LogP contribution in [0.5, 0.6) is 0 Å². The monoisotopic (exact) mass is 302 g/mol. The zero-order valence-corrected chi connectivity index (χ0v) is 11.9. The fourth-order valence-corrected chi connectivity index (χ4v) is 2.39. The Labute approximate surface area is 118 Å². The largest absolute Gasteiger partial charge is 0.395 e. The van der Waals surface area contributed by atoms with Crippen molar-refractivity contribution >= 4 is 36.2 Å². The Morgan fingerprint density at radius 3 is 2.12 bits per heavy atom. The van der Waals surface area contributed by atoms with Crippen LogP contribution in [0.1, 0.15) is 10.4 Å². The summed E-state index contributed by atoms with van der Waals surface area (Å²) in [7, 11) is 0. The van der Waals surface area contributed by atoms with Crippen molar-refractivity contribution in [2.24, 2.45) is 11.5 Å². The Kier molecular flexibility index (Phi) is 11.5. The van der Waals surface area contributed by atoms with Crippen LogP contribution in [0.15, 0.2) is 11.4 Å². The summed E-state index contributed by atoms with van der Waals surface area (Å²) in [5, 5.41) is 19.7. The quantitative estimate of drug-likeness (QED) is 0.609. The van der Waals surface area contributed by atoms with Gasteiger partial charge in [-0.3, -0.25) is 0 Å². The molecule has 0 bridgehead atoms. The first-order valence-electron chi connectivity index (χ1n) is 4.95. The smallest absolute Gasteiger partial charge is 0.0586 e. The molecule has 2 atom stereocenters. The molecule has 0 aliphatic rings. The Morgan fingerprint density at radius 2 is 1.59 bits per heavy atom. The highest BCUT2D eigenvalue weighted by Gasteiger charge is 2.11. The average molecular weight is 303 g/mol. The van der Waals surface area contributed by atoms with Crippen molar-refractivity contribution in [2.45, 2.75) is 24.9 Å². The predicted octanol–water partition coefficient (Wildman–Crippen LogP) is 0.316. The van der Waals surface area contributed by atoms with E-state index in [2.05, 4.69) is 0 Å². The fraction of sp³-hybridized carbons (Fsp3) is 0.600. The van der Waals surface area contributed by atoms with Gasteiger partial charge in [-0.2, -0.15) is 0 Å². The molecule has 4 nitrogen and oxygen atoms in total. The number of nitrogens with two attached hydrogens (primary N) is 2. The van der Waals surface area contributed by atoms with Gasteiger partial charge in [0.05, 0.1) is 13.2 Å². The van der Waals surface area contributed by atoms with E-state index >= 15 is 0 Å². The van der Waals surface area contributed by atoms with Crippen molar-refractivity contribution in [3.8, 4) is 0 Å². The minimum absolute atomic E-state index is 0. The third-order valence-corrected chi connectivity index (χ3v) is 3.22. The third kappa shape index (κ3) is 6.57. The zero-order chi connectivity index (χ0) is 11.3. The van der Waals surface area contributed by atoms with E-state index in [0.29, 0.717) is 12.8 Å². The summed E-state index contributed by atoms with van der Waals surface area (Å²) < 4.78 is 0. The van der Waals surface area contributed by atoms with Crippen molar-refractivity contribution in [1.29, 1.82) is 0 Å². The van der Waals surface area contributed by atoms with E-state index in [1.54, 1.807) is 11.3 Å². The Balaban J connectivity index is 0. The van der Waals surface area contributed by atoms with Crippen molar-refractivity contribution < 1.29 is 10.2 Å². The van der Waals surface area contributed by atoms with Crippen LogP contribution in [0.25, 0.3) is 0 Å². The predicted molar refractivity (Wildman–Crippen MR) is 76.3 cm³/mol. The standard InChI is InChI=1S/C10H18N2O2S.2ClH/c11-8(5-13)3-7-1-2-15-10(7)4-9(12)6-14;;/h1-2,8-9,13-14H,3-6,11-12H2;2*1H. The lowest BCUT2D eigenvalue weighted by molar-refractivity contribution is 0.262. The van der Waals surface area contributed by atoms with Crippen molar-refractivity contribution in [3.05, 3.63) is 21.9 Å².